The molecule has 0 bridgehead atoms. The van der Waals surface area contributed by atoms with Crippen LogP contribution in [0.25, 0.3) is 11.1 Å². The van der Waals surface area contributed by atoms with Gasteiger partial charge in [0, 0.05) is 23.7 Å². The summed E-state index contributed by atoms with van der Waals surface area (Å²) in [5.41, 5.74) is -1.61. The maximum atomic E-state index is 14.9. The number of carboxylic acid groups (broad SMARTS) is 1. The number of unbranched alkanes of at least 4 members (excludes halogenated alkanes) is 2. The minimum Gasteiger partial charge on any atom is -0.492 e. The second-order valence-electron chi connectivity index (χ2n) is 11.3. The molecule has 2 N–H and O–H groups in total. The Hall–Kier alpha value is -4.42. The maximum Gasteiger partial charge on any atom is 0.416 e. The number of carboxylic acids is 1. The van der Waals surface area contributed by atoms with Crippen LogP contribution >= 0.6 is 11.6 Å². The van der Waals surface area contributed by atoms with Crippen molar-refractivity contribution in [2.45, 2.75) is 57.4 Å². The van der Waals surface area contributed by atoms with Crippen LogP contribution in [0, 0.1) is 5.82 Å². The van der Waals surface area contributed by atoms with Gasteiger partial charge in [-0.15, -0.1) is 0 Å². The first-order valence-corrected chi connectivity index (χ1v) is 15.5. The van der Waals surface area contributed by atoms with Crippen molar-refractivity contribution < 1.29 is 32.2 Å². The highest BCUT2D eigenvalue weighted by Crippen LogP contribution is 2.36. The van der Waals surface area contributed by atoms with E-state index in [9.17, 15) is 31.9 Å². The normalized spacial score (nSPS) is 14.5. The van der Waals surface area contributed by atoms with E-state index in [4.69, 9.17) is 21.4 Å². The molecule has 8 nitrogen and oxygen atoms in total. The molecule has 0 saturated heterocycles. The Bertz CT molecular complexity index is 1890. The fourth-order valence-corrected chi connectivity index (χ4v) is 6.06. The van der Waals surface area contributed by atoms with E-state index in [-0.39, 0.29) is 41.5 Å². The number of fused-ring (bicyclic) bond motifs is 1. The van der Waals surface area contributed by atoms with Crippen LogP contribution in [0.15, 0.2) is 76.4 Å². The van der Waals surface area contributed by atoms with Crippen LogP contribution < -0.4 is 21.3 Å². The number of hydrogen-bond acceptors (Lipinski definition) is 5. The quantitative estimate of drug-likeness (QED) is 0.132. The third-order valence-corrected chi connectivity index (χ3v) is 8.51. The van der Waals surface area contributed by atoms with E-state index < -0.39 is 52.9 Å². The van der Waals surface area contributed by atoms with E-state index in [0.717, 1.165) is 51.1 Å². The first-order chi connectivity index (χ1) is 22.5. The Labute approximate surface area is 272 Å². The average molecular weight is 674 g/mol. The lowest BCUT2D eigenvalue weighted by Crippen LogP contribution is -2.44. The van der Waals surface area contributed by atoms with Gasteiger partial charge in [0.2, 0.25) is 0 Å². The number of benzene rings is 3. The summed E-state index contributed by atoms with van der Waals surface area (Å²) in [5.74, 6) is -1.81. The zero-order chi connectivity index (χ0) is 33.7. The number of rotatable bonds is 12. The molecule has 0 fully saturated rings. The van der Waals surface area contributed by atoms with Crippen molar-refractivity contribution in [2.75, 3.05) is 13.2 Å². The number of aromatic nitrogens is 2. The second kappa shape index (κ2) is 14.6. The van der Waals surface area contributed by atoms with Gasteiger partial charge in [0.05, 0.1) is 41.9 Å². The number of ether oxygens (including phenoxy) is 1. The summed E-state index contributed by atoms with van der Waals surface area (Å²) in [5, 5.41) is 12.2. The Morgan fingerprint density at radius 3 is 2.53 bits per heavy atom. The maximum absolute atomic E-state index is 14.9. The van der Waals surface area contributed by atoms with Crippen molar-refractivity contribution in [3.8, 4) is 16.9 Å². The van der Waals surface area contributed by atoms with Crippen molar-refractivity contribution in [1.29, 1.82) is 0 Å². The van der Waals surface area contributed by atoms with Gasteiger partial charge >= 0.3 is 17.8 Å². The van der Waals surface area contributed by atoms with Gasteiger partial charge in [0.15, 0.2) is 0 Å². The number of aliphatic carboxylic acids is 1. The van der Waals surface area contributed by atoms with Gasteiger partial charge in [-0.25, -0.2) is 9.18 Å². The molecule has 4 aromatic rings. The summed E-state index contributed by atoms with van der Waals surface area (Å²) < 4.78 is 64.3. The molecule has 0 spiro atoms. The Morgan fingerprint density at radius 1 is 1.00 bits per heavy atom. The van der Waals surface area contributed by atoms with Crippen molar-refractivity contribution in [3.05, 3.63) is 121 Å². The van der Waals surface area contributed by atoms with Gasteiger partial charge in [-0.1, -0.05) is 54.1 Å². The Morgan fingerprint density at radius 2 is 1.77 bits per heavy atom. The molecule has 1 aliphatic rings. The molecule has 2 heterocycles. The molecule has 1 aromatic heterocycles. The summed E-state index contributed by atoms with van der Waals surface area (Å²) in [6, 6.07) is 14.4. The molecule has 0 amide bonds. The number of halogens is 5. The standard InChI is InChI=1S/C34H32ClF4N3O5/c35-31-23(10-6-13-29(31)47-17-5-1-2-14-30(43)44)24-18-41(19-25-26(34(37,38)39)11-7-12-27(25)36)33(46)42(32(24)45)20-28-22-9-4-3-8-21(22)15-16-40-28/h3-4,6-13,18,28,40H,1-2,5,14-17,19-20H2,(H,43,44)/t28-/m0/s1. The van der Waals surface area contributed by atoms with Gasteiger partial charge in [-0.3, -0.25) is 18.7 Å². The highest BCUT2D eigenvalue weighted by atomic mass is 35.5. The van der Waals surface area contributed by atoms with Crippen LogP contribution in [-0.4, -0.2) is 33.4 Å². The largest absolute Gasteiger partial charge is 0.492 e. The summed E-state index contributed by atoms with van der Waals surface area (Å²) in [6.07, 6.45) is -1.38. The topological polar surface area (TPSA) is 103 Å². The predicted octanol–water partition coefficient (Wildman–Crippen LogP) is 6.45. The number of nitrogens with one attached hydrogen (secondary N) is 1. The number of nitrogens with zero attached hydrogens (tertiary/aromatic N) is 2. The summed E-state index contributed by atoms with van der Waals surface area (Å²) in [7, 11) is 0. The third kappa shape index (κ3) is 7.77. The van der Waals surface area contributed by atoms with Gasteiger partial charge in [-0.2, -0.15) is 13.2 Å². The third-order valence-electron chi connectivity index (χ3n) is 8.12. The number of carbonyl (C=O) groups is 1. The first kappa shape index (κ1) is 33.9. The van der Waals surface area contributed by atoms with Crippen LogP contribution in [0.1, 0.15) is 54.0 Å². The summed E-state index contributed by atoms with van der Waals surface area (Å²) in [4.78, 5) is 38.6. The van der Waals surface area contributed by atoms with Crippen molar-refractivity contribution >= 4 is 17.6 Å². The minimum absolute atomic E-state index is 0.0369. The summed E-state index contributed by atoms with van der Waals surface area (Å²) >= 11 is 6.71. The molecule has 1 atom stereocenters. The molecule has 0 saturated carbocycles. The van der Waals surface area contributed by atoms with E-state index >= 15 is 0 Å². The molecule has 13 heteroatoms. The van der Waals surface area contributed by atoms with E-state index in [0.29, 0.717) is 25.8 Å². The van der Waals surface area contributed by atoms with Crippen LogP contribution in [-0.2, 0) is 30.5 Å². The number of hydrogen-bond donors (Lipinski definition) is 2. The number of alkyl halides is 3. The Kier molecular flexibility index (Phi) is 10.5. The molecule has 3 aromatic carbocycles. The lowest BCUT2D eigenvalue weighted by molar-refractivity contribution is -0.138. The first-order valence-electron chi connectivity index (χ1n) is 15.1. The second-order valence-corrected chi connectivity index (χ2v) is 11.6. The molecule has 0 unspecified atom stereocenters. The van der Waals surface area contributed by atoms with Crippen molar-refractivity contribution in [2.24, 2.45) is 0 Å². The van der Waals surface area contributed by atoms with Gasteiger partial charge in [-0.05, 0) is 61.6 Å². The van der Waals surface area contributed by atoms with E-state index in [1.54, 1.807) is 12.1 Å². The molecule has 0 aliphatic carbocycles. The molecule has 248 valence electrons. The molecular weight excluding hydrogens is 642 g/mol. The van der Waals surface area contributed by atoms with Gasteiger partial charge in [0.1, 0.15) is 11.6 Å². The predicted molar refractivity (Wildman–Crippen MR) is 168 cm³/mol. The van der Waals surface area contributed by atoms with Crippen LogP contribution in [0.2, 0.25) is 5.02 Å². The van der Waals surface area contributed by atoms with E-state index in [1.165, 1.54) is 6.07 Å². The minimum atomic E-state index is -4.89. The van der Waals surface area contributed by atoms with Crippen LogP contribution in [0.5, 0.6) is 5.75 Å². The smallest absolute Gasteiger partial charge is 0.416 e. The van der Waals surface area contributed by atoms with Crippen molar-refractivity contribution in [1.82, 2.24) is 14.5 Å². The zero-order valence-corrected chi connectivity index (χ0v) is 25.9. The van der Waals surface area contributed by atoms with Crippen LogP contribution in [0.3, 0.4) is 0 Å². The fourth-order valence-electron chi connectivity index (χ4n) is 5.77. The lowest BCUT2D eigenvalue weighted by atomic mass is 9.94. The highest BCUT2D eigenvalue weighted by molar-refractivity contribution is 6.34. The molecule has 1 aliphatic heterocycles. The highest BCUT2D eigenvalue weighted by Gasteiger charge is 2.35. The van der Waals surface area contributed by atoms with Crippen molar-refractivity contribution in [3.63, 3.8) is 0 Å². The van der Waals surface area contributed by atoms with E-state index in [1.807, 2.05) is 24.3 Å². The van der Waals surface area contributed by atoms with E-state index in [2.05, 4.69) is 5.32 Å². The fraction of sp³-hybridized carbons (Fsp3) is 0.324. The Balaban J connectivity index is 1.57. The molecule has 0 radical (unpaired) electrons. The zero-order valence-electron chi connectivity index (χ0n) is 25.2. The van der Waals surface area contributed by atoms with Gasteiger partial charge in [0.25, 0.3) is 5.56 Å². The monoisotopic (exact) mass is 673 g/mol. The van der Waals surface area contributed by atoms with Gasteiger partial charge < -0.3 is 15.2 Å². The lowest BCUT2D eigenvalue weighted by Gasteiger charge is -2.27. The molecule has 47 heavy (non-hydrogen) atoms. The molecule has 5 rings (SSSR count). The SMILES string of the molecule is O=C(O)CCCCCOc1cccc(-c2cn(Cc3c(F)cccc3C(F)(F)F)c(=O)n(C[C@@H]3NCCc4ccccc43)c2=O)c1Cl. The van der Waals surface area contributed by atoms with Crippen LogP contribution in [0.4, 0.5) is 17.6 Å². The summed E-state index contributed by atoms with van der Waals surface area (Å²) in [6.45, 7) is -0.147. The average Bonchev–Trinajstić information content (AvgIpc) is 3.03. The molecular formula is C34H32ClF4N3O5.